The van der Waals surface area contributed by atoms with E-state index in [0.717, 1.165) is 21.7 Å². The molecule has 0 unspecified atom stereocenters. The van der Waals surface area contributed by atoms with Crippen LogP contribution in [0.5, 0.6) is 0 Å². The van der Waals surface area contributed by atoms with Gasteiger partial charge in [-0.15, -0.1) is 4.40 Å². The molecule has 8 heteroatoms. The molecule has 6 nitrogen and oxygen atoms in total. The standard InChI is InChI=1S/C18H16N2O4S2/c1-12-4-2-3-5-14(12)11-24-17(21)13-6-7-15-16(10-13)25-18-19-26(22,23)9-8-20(15)18/h2-7,10H,8-9,11H2,1H3. The fourth-order valence-electron chi connectivity index (χ4n) is 2.86. The summed E-state index contributed by atoms with van der Waals surface area (Å²) in [5, 5.41) is 0.441. The lowest BCUT2D eigenvalue weighted by Crippen LogP contribution is -2.35. The summed E-state index contributed by atoms with van der Waals surface area (Å²) in [4.78, 5) is 15.1. The molecule has 26 heavy (non-hydrogen) atoms. The largest absolute Gasteiger partial charge is 0.457 e. The Morgan fingerprint density at radius 3 is 2.88 bits per heavy atom. The van der Waals surface area contributed by atoms with Crippen molar-refractivity contribution in [1.82, 2.24) is 0 Å². The Hall–Kier alpha value is -2.32. The number of thioether (sulfide) groups is 1. The molecule has 0 bridgehead atoms. The maximum absolute atomic E-state index is 12.4. The molecule has 0 fully saturated rings. The highest BCUT2D eigenvalue weighted by Crippen LogP contribution is 2.42. The Morgan fingerprint density at radius 2 is 2.08 bits per heavy atom. The van der Waals surface area contributed by atoms with Crippen LogP contribution in [0, 0.1) is 6.92 Å². The van der Waals surface area contributed by atoms with Crippen molar-refractivity contribution >= 4 is 38.6 Å². The number of hydrogen-bond acceptors (Lipinski definition) is 6. The third-order valence-corrected chi connectivity index (χ3v) is 6.63. The normalized spacial score (nSPS) is 17.3. The predicted octanol–water partition coefficient (Wildman–Crippen LogP) is 2.96. The molecule has 0 radical (unpaired) electrons. The van der Waals surface area contributed by atoms with Gasteiger partial charge in [0.25, 0.3) is 10.0 Å². The van der Waals surface area contributed by atoms with Crippen molar-refractivity contribution in [3.63, 3.8) is 0 Å². The van der Waals surface area contributed by atoms with Crippen LogP contribution in [-0.4, -0.2) is 31.9 Å². The van der Waals surface area contributed by atoms with Crippen LogP contribution >= 0.6 is 11.8 Å². The second-order valence-corrected chi connectivity index (χ2v) is 8.86. The molecule has 2 aromatic carbocycles. The van der Waals surface area contributed by atoms with Gasteiger partial charge in [-0.05, 0) is 48.0 Å². The highest BCUT2D eigenvalue weighted by Gasteiger charge is 2.33. The van der Waals surface area contributed by atoms with Crippen molar-refractivity contribution < 1.29 is 17.9 Å². The highest BCUT2D eigenvalue weighted by atomic mass is 32.2. The zero-order valence-corrected chi connectivity index (χ0v) is 15.6. The van der Waals surface area contributed by atoms with E-state index < -0.39 is 16.0 Å². The van der Waals surface area contributed by atoms with Crippen LogP contribution < -0.4 is 4.90 Å². The summed E-state index contributed by atoms with van der Waals surface area (Å²) in [6.45, 7) is 2.56. The van der Waals surface area contributed by atoms with Crippen LogP contribution in [0.15, 0.2) is 51.8 Å². The molecule has 4 rings (SSSR count). The Balaban J connectivity index is 1.52. The highest BCUT2D eigenvalue weighted by molar-refractivity contribution is 8.15. The minimum absolute atomic E-state index is 0.00325. The number of hydrogen-bond donors (Lipinski definition) is 0. The minimum Gasteiger partial charge on any atom is -0.457 e. The second-order valence-electron chi connectivity index (χ2n) is 6.10. The van der Waals surface area contributed by atoms with Gasteiger partial charge in [0.2, 0.25) is 0 Å². The molecule has 2 aliphatic heterocycles. The Labute approximate surface area is 155 Å². The third-order valence-electron chi connectivity index (χ3n) is 4.33. The van der Waals surface area contributed by atoms with Gasteiger partial charge in [0.1, 0.15) is 6.61 Å². The van der Waals surface area contributed by atoms with Gasteiger partial charge >= 0.3 is 5.97 Å². The molecule has 0 saturated heterocycles. The first-order valence-electron chi connectivity index (χ1n) is 8.07. The number of esters is 1. The lowest BCUT2D eigenvalue weighted by atomic mass is 10.1. The van der Waals surface area contributed by atoms with Crippen molar-refractivity contribution in [3.05, 3.63) is 59.2 Å². The summed E-state index contributed by atoms with van der Waals surface area (Å²) in [6.07, 6.45) is 0. The predicted molar refractivity (Wildman–Crippen MR) is 101 cm³/mol. The van der Waals surface area contributed by atoms with Crippen molar-refractivity contribution in [2.45, 2.75) is 18.4 Å². The summed E-state index contributed by atoms with van der Waals surface area (Å²) in [7, 11) is -3.39. The molecule has 0 N–H and O–H groups in total. The van der Waals surface area contributed by atoms with E-state index in [9.17, 15) is 13.2 Å². The Morgan fingerprint density at radius 1 is 1.27 bits per heavy atom. The minimum atomic E-state index is -3.39. The quantitative estimate of drug-likeness (QED) is 0.753. The van der Waals surface area contributed by atoms with Gasteiger partial charge in [0.15, 0.2) is 5.17 Å². The average molecular weight is 388 g/mol. The number of sulfonamides is 1. The van der Waals surface area contributed by atoms with Gasteiger partial charge in [-0.25, -0.2) is 13.2 Å². The van der Waals surface area contributed by atoms with Crippen LogP contribution in [0.25, 0.3) is 0 Å². The van der Waals surface area contributed by atoms with E-state index in [1.165, 1.54) is 11.8 Å². The summed E-state index contributed by atoms with van der Waals surface area (Å²) in [5.74, 6) is -0.410. The Kier molecular flexibility index (Phi) is 4.24. The van der Waals surface area contributed by atoms with Crippen LogP contribution in [0.2, 0.25) is 0 Å². The molecule has 0 aliphatic carbocycles. The average Bonchev–Trinajstić information content (AvgIpc) is 2.95. The summed E-state index contributed by atoms with van der Waals surface area (Å²) < 4.78 is 32.6. The number of carbonyl (C=O) groups is 1. The second kappa shape index (κ2) is 6.44. The van der Waals surface area contributed by atoms with Crippen LogP contribution in [0.4, 0.5) is 5.69 Å². The van der Waals surface area contributed by atoms with E-state index in [0.29, 0.717) is 17.3 Å². The lowest BCUT2D eigenvalue weighted by molar-refractivity contribution is 0.0472. The molecule has 0 atom stereocenters. The molecule has 0 spiro atoms. The first-order chi connectivity index (χ1) is 12.4. The van der Waals surface area contributed by atoms with Gasteiger partial charge in [-0.1, -0.05) is 24.3 Å². The van der Waals surface area contributed by atoms with E-state index in [4.69, 9.17) is 4.74 Å². The molecular weight excluding hydrogens is 372 g/mol. The van der Waals surface area contributed by atoms with Crippen molar-refractivity contribution in [1.29, 1.82) is 0 Å². The maximum Gasteiger partial charge on any atom is 0.338 e. The molecule has 2 heterocycles. The SMILES string of the molecule is Cc1ccccc1COC(=O)c1ccc2c(c1)SC1=NS(=O)(=O)CCN12. The number of benzene rings is 2. The van der Waals surface area contributed by atoms with Crippen LogP contribution in [-0.2, 0) is 21.4 Å². The summed E-state index contributed by atoms with van der Waals surface area (Å²) in [5.41, 5.74) is 3.35. The number of carbonyl (C=O) groups excluding carboxylic acids is 1. The number of amidine groups is 1. The zero-order chi connectivity index (χ0) is 18.3. The van der Waals surface area contributed by atoms with Crippen LogP contribution in [0.1, 0.15) is 21.5 Å². The molecule has 0 amide bonds. The van der Waals surface area contributed by atoms with E-state index in [1.54, 1.807) is 12.1 Å². The van der Waals surface area contributed by atoms with Gasteiger partial charge in [0.05, 0.1) is 17.0 Å². The molecule has 0 aromatic heterocycles. The number of aryl methyl sites for hydroxylation is 1. The zero-order valence-electron chi connectivity index (χ0n) is 14.0. The third kappa shape index (κ3) is 3.22. The van der Waals surface area contributed by atoms with Gasteiger partial charge < -0.3 is 9.64 Å². The van der Waals surface area contributed by atoms with Gasteiger partial charge in [-0.2, -0.15) is 0 Å². The monoisotopic (exact) mass is 388 g/mol. The van der Waals surface area contributed by atoms with Crippen molar-refractivity contribution in [2.24, 2.45) is 4.40 Å². The van der Waals surface area contributed by atoms with Crippen molar-refractivity contribution in [2.75, 3.05) is 17.2 Å². The molecule has 134 valence electrons. The van der Waals surface area contributed by atoms with Crippen LogP contribution in [0.3, 0.4) is 0 Å². The molecule has 2 aromatic rings. The molecule has 0 saturated carbocycles. The maximum atomic E-state index is 12.4. The number of nitrogens with zero attached hydrogens (tertiary/aromatic N) is 2. The number of anilines is 1. The molecule has 2 aliphatic rings. The van der Waals surface area contributed by atoms with Gasteiger partial charge in [-0.3, -0.25) is 0 Å². The first kappa shape index (κ1) is 17.1. The fourth-order valence-corrected chi connectivity index (χ4v) is 5.15. The number of ether oxygens (including phenoxy) is 1. The smallest absolute Gasteiger partial charge is 0.338 e. The van der Waals surface area contributed by atoms with E-state index >= 15 is 0 Å². The fraction of sp³-hybridized carbons (Fsp3) is 0.222. The van der Waals surface area contributed by atoms with E-state index in [2.05, 4.69) is 4.40 Å². The number of fused-ring (bicyclic) bond motifs is 3. The lowest BCUT2D eigenvalue weighted by Gasteiger charge is -2.22. The Bertz CT molecular complexity index is 1030. The molecular formula is C18H16N2O4S2. The summed E-state index contributed by atoms with van der Waals surface area (Å²) >= 11 is 1.26. The summed E-state index contributed by atoms with van der Waals surface area (Å²) in [6, 6.07) is 13.0. The van der Waals surface area contributed by atoms with E-state index in [-0.39, 0.29) is 12.4 Å². The van der Waals surface area contributed by atoms with Crippen molar-refractivity contribution in [3.8, 4) is 0 Å². The first-order valence-corrected chi connectivity index (χ1v) is 10.5. The topological polar surface area (TPSA) is 76.0 Å². The number of rotatable bonds is 3. The van der Waals surface area contributed by atoms with Gasteiger partial charge in [0, 0.05) is 11.4 Å². The van der Waals surface area contributed by atoms with E-state index in [1.807, 2.05) is 42.2 Å².